The number of halogens is 1. The van der Waals surface area contributed by atoms with Crippen LogP contribution in [-0.4, -0.2) is 37.5 Å². The first kappa shape index (κ1) is 23.2. The Balaban J connectivity index is 1.69. The molecule has 0 spiro atoms. The standard InChI is InChI=1S/C26H27FN2O3/c1-28(17-21-7-4-3-5-8-21)25(30)16-20-11-13-24(14-12-20)29(26(31)19-32-2)18-22-9-6-10-23(27)15-22/h3-15H,16-19H2,1-2H3. The van der Waals surface area contributed by atoms with E-state index in [1.54, 1.807) is 41.1 Å². The van der Waals surface area contributed by atoms with Crippen molar-refractivity contribution in [3.63, 3.8) is 0 Å². The highest BCUT2D eigenvalue weighted by Crippen LogP contribution is 2.20. The number of hydrogen-bond acceptors (Lipinski definition) is 3. The second kappa shape index (κ2) is 11.2. The lowest BCUT2D eigenvalue weighted by Crippen LogP contribution is -2.33. The Labute approximate surface area is 188 Å². The van der Waals surface area contributed by atoms with Crippen molar-refractivity contribution in [2.75, 3.05) is 25.7 Å². The molecule has 0 aromatic heterocycles. The maximum Gasteiger partial charge on any atom is 0.253 e. The van der Waals surface area contributed by atoms with E-state index in [0.29, 0.717) is 17.8 Å². The Morgan fingerprint density at radius 1 is 0.812 bits per heavy atom. The van der Waals surface area contributed by atoms with Crippen LogP contribution in [0.4, 0.5) is 10.1 Å². The van der Waals surface area contributed by atoms with Crippen molar-refractivity contribution in [1.29, 1.82) is 0 Å². The zero-order chi connectivity index (χ0) is 22.9. The average Bonchev–Trinajstić information content (AvgIpc) is 2.79. The molecule has 166 valence electrons. The first-order valence-electron chi connectivity index (χ1n) is 10.4. The third kappa shape index (κ3) is 6.49. The van der Waals surface area contributed by atoms with Gasteiger partial charge in [0, 0.05) is 26.4 Å². The molecule has 0 radical (unpaired) electrons. The van der Waals surface area contributed by atoms with Gasteiger partial charge in [0.2, 0.25) is 5.91 Å². The summed E-state index contributed by atoms with van der Waals surface area (Å²) >= 11 is 0. The lowest BCUT2D eigenvalue weighted by Gasteiger charge is -2.23. The number of methoxy groups -OCH3 is 1. The summed E-state index contributed by atoms with van der Waals surface area (Å²) in [5, 5.41) is 0. The molecular weight excluding hydrogens is 407 g/mol. The van der Waals surface area contributed by atoms with Crippen LogP contribution < -0.4 is 4.90 Å². The topological polar surface area (TPSA) is 49.9 Å². The zero-order valence-electron chi connectivity index (χ0n) is 18.3. The molecule has 0 saturated carbocycles. The van der Waals surface area contributed by atoms with Gasteiger partial charge in [-0.25, -0.2) is 4.39 Å². The summed E-state index contributed by atoms with van der Waals surface area (Å²) in [6, 6.07) is 23.3. The fraction of sp³-hybridized carbons (Fsp3) is 0.231. The molecule has 6 heteroatoms. The molecule has 0 fully saturated rings. The van der Waals surface area contributed by atoms with Gasteiger partial charge in [0.15, 0.2) is 0 Å². The summed E-state index contributed by atoms with van der Waals surface area (Å²) < 4.78 is 18.6. The number of carbonyl (C=O) groups is 2. The van der Waals surface area contributed by atoms with E-state index < -0.39 is 0 Å². The van der Waals surface area contributed by atoms with E-state index in [0.717, 1.165) is 11.1 Å². The van der Waals surface area contributed by atoms with Crippen LogP contribution in [0, 0.1) is 5.82 Å². The molecule has 3 aromatic carbocycles. The normalized spacial score (nSPS) is 10.6. The summed E-state index contributed by atoms with van der Waals surface area (Å²) in [4.78, 5) is 28.5. The minimum Gasteiger partial charge on any atom is -0.375 e. The van der Waals surface area contributed by atoms with Crippen molar-refractivity contribution in [2.24, 2.45) is 0 Å². The molecule has 0 aliphatic heterocycles. The van der Waals surface area contributed by atoms with Crippen LogP contribution in [0.1, 0.15) is 16.7 Å². The fourth-order valence-corrected chi connectivity index (χ4v) is 3.39. The molecule has 3 aromatic rings. The molecule has 0 saturated heterocycles. The van der Waals surface area contributed by atoms with Crippen LogP contribution in [0.3, 0.4) is 0 Å². The third-order valence-electron chi connectivity index (χ3n) is 5.09. The van der Waals surface area contributed by atoms with Gasteiger partial charge in [0.05, 0.1) is 13.0 Å². The van der Waals surface area contributed by atoms with Crippen LogP contribution >= 0.6 is 0 Å². The molecule has 0 bridgehead atoms. The predicted octanol–water partition coefficient (Wildman–Crippen LogP) is 4.21. The number of carbonyl (C=O) groups excluding carboxylic acids is 2. The van der Waals surface area contributed by atoms with Crippen LogP contribution in [-0.2, 0) is 33.8 Å². The Morgan fingerprint density at radius 2 is 1.50 bits per heavy atom. The molecule has 0 aliphatic rings. The lowest BCUT2D eigenvalue weighted by molar-refractivity contribution is -0.129. The first-order chi connectivity index (χ1) is 15.5. The van der Waals surface area contributed by atoms with Crippen molar-refractivity contribution < 1.29 is 18.7 Å². The number of ether oxygens (including phenoxy) is 1. The van der Waals surface area contributed by atoms with Crippen LogP contribution in [0.5, 0.6) is 0 Å². The maximum atomic E-state index is 13.6. The lowest BCUT2D eigenvalue weighted by atomic mass is 10.1. The predicted molar refractivity (Wildman–Crippen MR) is 123 cm³/mol. The van der Waals surface area contributed by atoms with E-state index in [-0.39, 0.29) is 37.2 Å². The van der Waals surface area contributed by atoms with Gasteiger partial charge < -0.3 is 14.5 Å². The van der Waals surface area contributed by atoms with Crippen LogP contribution in [0.2, 0.25) is 0 Å². The Kier molecular flexibility index (Phi) is 8.11. The number of hydrogen-bond donors (Lipinski definition) is 0. The van der Waals surface area contributed by atoms with Gasteiger partial charge >= 0.3 is 0 Å². The fourth-order valence-electron chi connectivity index (χ4n) is 3.39. The number of benzene rings is 3. The highest BCUT2D eigenvalue weighted by Gasteiger charge is 2.17. The van der Waals surface area contributed by atoms with Crippen molar-refractivity contribution in [1.82, 2.24) is 4.90 Å². The Hall–Kier alpha value is -3.51. The molecule has 5 nitrogen and oxygen atoms in total. The number of rotatable bonds is 9. The largest absolute Gasteiger partial charge is 0.375 e. The summed E-state index contributed by atoms with van der Waals surface area (Å²) in [5.41, 5.74) is 3.26. The molecule has 0 heterocycles. The van der Waals surface area contributed by atoms with Gasteiger partial charge in [-0.3, -0.25) is 9.59 Å². The SMILES string of the molecule is COCC(=O)N(Cc1cccc(F)c1)c1ccc(CC(=O)N(C)Cc2ccccc2)cc1. The minimum absolute atomic E-state index is 0.00804. The van der Waals surface area contributed by atoms with E-state index in [1.807, 2.05) is 42.5 Å². The van der Waals surface area contributed by atoms with Crippen molar-refractivity contribution in [2.45, 2.75) is 19.5 Å². The number of likely N-dealkylation sites (N-methyl/N-ethyl adjacent to an activating group) is 1. The van der Waals surface area contributed by atoms with Gasteiger partial charge in [0.25, 0.3) is 5.91 Å². The smallest absolute Gasteiger partial charge is 0.253 e. The zero-order valence-corrected chi connectivity index (χ0v) is 18.3. The molecule has 0 atom stereocenters. The molecule has 3 rings (SSSR count). The van der Waals surface area contributed by atoms with E-state index in [9.17, 15) is 14.0 Å². The number of anilines is 1. The third-order valence-corrected chi connectivity index (χ3v) is 5.09. The summed E-state index contributed by atoms with van der Waals surface area (Å²) in [6.45, 7) is 0.683. The van der Waals surface area contributed by atoms with E-state index in [2.05, 4.69) is 0 Å². The second-order valence-electron chi connectivity index (χ2n) is 7.62. The molecule has 0 N–H and O–H groups in total. The van der Waals surface area contributed by atoms with E-state index in [4.69, 9.17) is 4.74 Å². The molecule has 2 amide bonds. The van der Waals surface area contributed by atoms with Crippen molar-refractivity contribution in [3.05, 3.63) is 101 Å². The van der Waals surface area contributed by atoms with Gasteiger partial charge in [-0.15, -0.1) is 0 Å². The molecular formula is C26H27FN2O3. The monoisotopic (exact) mass is 434 g/mol. The number of amides is 2. The van der Waals surface area contributed by atoms with Gasteiger partial charge in [-0.2, -0.15) is 0 Å². The summed E-state index contributed by atoms with van der Waals surface area (Å²) in [7, 11) is 3.24. The van der Waals surface area contributed by atoms with Crippen LogP contribution in [0.25, 0.3) is 0 Å². The van der Waals surface area contributed by atoms with Crippen molar-refractivity contribution in [3.8, 4) is 0 Å². The second-order valence-corrected chi connectivity index (χ2v) is 7.62. The van der Waals surface area contributed by atoms with Crippen molar-refractivity contribution >= 4 is 17.5 Å². The maximum absolute atomic E-state index is 13.6. The highest BCUT2D eigenvalue weighted by molar-refractivity contribution is 5.94. The molecule has 0 unspecified atom stereocenters. The molecule has 32 heavy (non-hydrogen) atoms. The van der Waals surface area contributed by atoms with E-state index in [1.165, 1.54) is 19.2 Å². The van der Waals surface area contributed by atoms with Crippen LogP contribution in [0.15, 0.2) is 78.9 Å². The Morgan fingerprint density at radius 3 is 2.16 bits per heavy atom. The van der Waals surface area contributed by atoms with Gasteiger partial charge in [0.1, 0.15) is 12.4 Å². The first-order valence-corrected chi connectivity index (χ1v) is 10.4. The highest BCUT2D eigenvalue weighted by atomic mass is 19.1. The number of nitrogens with zero attached hydrogens (tertiary/aromatic N) is 2. The van der Waals surface area contributed by atoms with Gasteiger partial charge in [-0.1, -0.05) is 54.6 Å². The quantitative estimate of drug-likeness (QED) is 0.507. The minimum atomic E-state index is -0.352. The Bertz CT molecular complexity index is 1040. The summed E-state index contributed by atoms with van der Waals surface area (Å²) in [6.07, 6.45) is 0.263. The van der Waals surface area contributed by atoms with E-state index >= 15 is 0 Å². The average molecular weight is 435 g/mol. The van der Waals surface area contributed by atoms with Gasteiger partial charge in [-0.05, 0) is 41.0 Å². The molecule has 0 aliphatic carbocycles. The summed E-state index contributed by atoms with van der Waals surface area (Å²) in [5.74, 6) is -0.577.